The van der Waals surface area contributed by atoms with Crippen LogP contribution in [0.2, 0.25) is 0 Å². The molecule has 0 aliphatic carbocycles. The molecule has 0 saturated carbocycles. The minimum Gasteiger partial charge on any atom is -0.480 e. The smallest absolute Gasteiger partial charge is 0.326 e. The molecule has 31 heavy (non-hydrogen) atoms. The molecule has 0 radical (unpaired) electrons. The third kappa shape index (κ3) is 4.78. The highest BCUT2D eigenvalue weighted by Gasteiger charge is 2.39. The molecule has 1 atom stereocenters. The van der Waals surface area contributed by atoms with Crippen molar-refractivity contribution in [3.05, 3.63) is 112 Å². The van der Waals surface area contributed by atoms with Gasteiger partial charge in [-0.05, 0) is 23.6 Å². The van der Waals surface area contributed by atoms with E-state index in [4.69, 9.17) is 0 Å². The summed E-state index contributed by atoms with van der Waals surface area (Å²) < 4.78 is 0. The quantitative estimate of drug-likeness (QED) is 0.428. The minimum atomic E-state index is -1.19. The maximum absolute atomic E-state index is 13.5. The Hall–Kier alpha value is -4.00. The summed E-state index contributed by atoms with van der Waals surface area (Å²) in [6.07, 6.45) is -0.00126. The Morgan fingerprint density at radius 1 is 0.935 bits per heavy atom. The Balaban J connectivity index is 1.90. The molecule has 0 heterocycles. The number of aliphatic carboxylic acids is 1. The largest absolute Gasteiger partial charge is 0.480 e. The topological polar surface area (TPSA) is 110 Å². The standard InChI is InChI=1S/C24H22N2O5/c1-24(18-8-4-2-5-9-18,19-10-6-3-7-11-19)23(29)25-21(22(27)28)16-17-12-14-20(15-13-17)26(30)31/h2-15,21H,16H2,1H3,(H,25,29)(H,27,28)/t21-/m0/s1. The second kappa shape index (κ2) is 9.21. The Morgan fingerprint density at radius 2 is 1.42 bits per heavy atom. The lowest BCUT2D eigenvalue weighted by Crippen LogP contribution is -2.50. The van der Waals surface area contributed by atoms with Gasteiger partial charge in [-0.3, -0.25) is 14.9 Å². The SMILES string of the molecule is CC(C(=O)N[C@@H](Cc1ccc([N+](=O)[O-])cc1)C(=O)O)(c1ccccc1)c1ccccc1. The normalized spacial score (nSPS) is 12.0. The molecule has 0 aliphatic heterocycles. The van der Waals surface area contributed by atoms with Crippen LogP contribution >= 0.6 is 0 Å². The van der Waals surface area contributed by atoms with E-state index in [9.17, 15) is 24.8 Å². The fourth-order valence-corrected chi connectivity index (χ4v) is 3.46. The molecule has 0 saturated heterocycles. The van der Waals surface area contributed by atoms with Gasteiger partial charge in [-0.1, -0.05) is 72.8 Å². The van der Waals surface area contributed by atoms with Gasteiger partial charge in [0.15, 0.2) is 0 Å². The molecule has 0 fully saturated rings. The maximum atomic E-state index is 13.5. The molecule has 158 valence electrons. The first kappa shape index (κ1) is 21.7. The van der Waals surface area contributed by atoms with E-state index in [2.05, 4.69) is 5.32 Å². The van der Waals surface area contributed by atoms with Gasteiger partial charge in [-0.2, -0.15) is 0 Å². The van der Waals surface area contributed by atoms with Crippen LogP contribution in [0.25, 0.3) is 0 Å². The van der Waals surface area contributed by atoms with Gasteiger partial charge in [0.25, 0.3) is 5.69 Å². The third-order valence-corrected chi connectivity index (χ3v) is 5.35. The monoisotopic (exact) mass is 418 g/mol. The number of nitro groups is 1. The molecule has 0 unspecified atom stereocenters. The van der Waals surface area contributed by atoms with Crippen LogP contribution in [-0.4, -0.2) is 27.9 Å². The van der Waals surface area contributed by atoms with Gasteiger partial charge < -0.3 is 10.4 Å². The van der Waals surface area contributed by atoms with Crippen LogP contribution in [0.5, 0.6) is 0 Å². The van der Waals surface area contributed by atoms with Crippen molar-refractivity contribution in [1.29, 1.82) is 0 Å². The average Bonchev–Trinajstić information content (AvgIpc) is 2.79. The summed E-state index contributed by atoms with van der Waals surface area (Å²) in [5, 5.41) is 23.2. The predicted octanol–water partition coefficient (Wildman–Crippen LogP) is 3.71. The number of hydrogen-bond donors (Lipinski definition) is 2. The first-order valence-corrected chi connectivity index (χ1v) is 9.70. The number of nitrogens with one attached hydrogen (secondary N) is 1. The number of carboxylic acid groups (broad SMARTS) is 1. The number of carbonyl (C=O) groups excluding carboxylic acids is 1. The van der Waals surface area contributed by atoms with Crippen molar-refractivity contribution < 1.29 is 19.6 Å². The predicted molar refractivity (Wildman–Crippen MR) is 116 cm³/mol. The van der Waals surface area contributed by atoms with E-state index in [1.807, 2.05) is 60.7 Å². The van der Waals surface area contributed by atoms with Crippen molar-refractivity contribution >= 4 is 17.6 Å². The number of benzene rings is 3. The van der Waals surface area contributed by atoms with Gasteiger partial charge in [-0.15, -0.1) is 0 Å². The molecule has 7 heteroatoms. The van der Waals surface area contributed by atoms with Crippen LogP contribution in [0.4, 0.5) is 5.69 Å². The van der Waals surface area contributed by atoms with Crippen LogP contribution < -0.4 is 5.32 Å². The van der Waals surface area contributed by atoms with Gasteiger partial charge >= 0.3 is 5.97 Å². The van der Waals surface area contributed by atoms with Crippen molar-refractivity contribution in [2.45, 2.75) is 24.8 Å². The molecular weight excluding hydrogens is 396 g/mol. The molecule has 2 N–H and O–H groups in total. The fourth-order valence-electron chi connectivity index (χ4n) is 3.46. The summed E-state index contributed by atoms with van der Waals surface area (Å²) in [4.78, 5) is 35.6. The van der Waals surface area contributed by atoms with E-state index in [1.165, 1.54) is 24.3 Å². The summed E-state index contributed by atoms with van der Waals surface area (Å²) >= 11 is 0. The van der Waals surface area contributed by atoms with Crippen molar-refractivity contribution in [2.75, 3.05) is 0 Å². The summed E-state index contributed by atoms with van der Waals surface area (Å²) in [5.41, 5.74) is 0.849. The molecule has 0 bridgehead atoms. The lowest BCUT2D eigenvalue weighted by atomic mass is 9.75. The zero-order valence-corrected chi connectivity index (χ0v) is 16.9. The Labute approximate surface area is 179 Å². The minimum absolute atomic E-state index is 0.00126. The summed E-state index contributed by atoms with van der Waals surface area (Å²) in [6, 6.07) is 22.8. The van der Waals surface area contributed by atoms with E-state index >= 15 is 0 Å². The maximum Gasteiger partial charge on any atom is 0.326 e. The zero-order chi connectivity index (χ0) is 22.4. The highest BCUT2D eigenvalue weighted by molar-refractivity contribution is 5.94. The zero-order valence-electron chi connectivity index (χ0n) is 16.9. The van der Waals surface area contributed by atoms with Crippen LogP contribution in [0.3, 0.4) is 0 Å². The molecule has 3 rings (SSSR count). The van der Waals surface area contributed by atoms with Crippen LogP contribution in [0, 0.1) is 10.1 Å². The van der Waals surface area contributed by atoms with E-state index in [0.717, 1.165) is 11.1 Å². The number of non-ortho nitro benzene ring substituents is 1. The molecular formula is C24H22N2O5. The fraction of sp³-hybridized carbons (Fsp3) is 0.167. The van der Waals surface area contributed by atoms with Gasteiger partial charge in [0, 0.05) is 18.6 Å². The number of carboxylic acids is 1. The molecule has 0 spiro atoms. The molecule has 3 aromatic carbocycles. The number of hydrogen-bond acceptors (Lipinski definition) is 4. The highest BCUT2D eigenvalue weighted by atomic mass is 16.6. The average molecular weight is 418 g/mol. The molecule has 7 nitrogen and oxygen atoms in total. The summed E-state index contributed by atoms with van der Waals surface area (Å²) in [7, 11) is 0. The molecule has 0 aliphatic rings. The lowest BCUT2D eigenvalue weighted by Gasteiger charge is -2.31. The van der Waals surface area contributed by atoms with Crippen molar-refractivity contribution in [1.82, 2.24) is 5.32 Å². The van der Waals surface area contributed by atoms with Gasteiger partial charge in [0.1, 0.15) is 6.04 Å². The first-order chi connectivity index (χ1) is 14.8. The Morgan fingerprint density at radius 3 is 1.84 bits per heavy atom. The van der Waals surface area contributed by atoms with Gasteiger partial charge in [-0.25, -0.2) is 4.79 Å². The van der Waals surface area contributed by atoms with E-state index in [1.54, 1.807) is 6.92 Å². The molecule has 1 amide bonds. The summed E-state index contributed by atoms with van der Waals surface area (Å²) in [5.74, 6) is -1.63. The Bertz CT molecular complexity index is 1030. The highest BCUT2D eigenvalue weighted by Crippen LogP contribution is 2.32. The van der Waals surface area contributed by atoms with E-state index in [-0.39, 0.29) is 12.1 Å². The van der Waals surface area contributed by atoms with Crippen LogP contribution in [0.15, 0.2) is 84.9 Å². The van der Waals surface area contributed by atoms with E-state index in [0.29, 0.717) is 5.56 Å². The van der Waals surface area contributed by atoms with E-state index < -0.39 is 28.3 Å². The molecule has 3 aromatic rings. The van der Waals surface area contributed by atoms with Gasteiger partial charge in [0.05, 0.1) is 10.3 Å². The number of carbonyl (C=O) groups is 2. The second-order valence-electron chi connectivity index (χ2n) is 7.35. The summed E-state index contributed by atoms with van der Waals surface area (Å²) in [6.45, 7) is 1.76. The van der Waals surface area contributed by atoms with Gasteiger partial charge in [0.2, 0.25) is 5.91 Å². The number of amides is 1. The number of nitro benzene ring substituents is 1. The van der Waals surface area contributed by atoms with Crippen LogP contribution in [-0.2, 0) is 21.4 Å². The second-order valence-corrected chi connectivity index (χ2v) is 7.35. The van der Waals surface area contributed by atoms with Crippen molar-refractivity contribution in [2.24, 2.45) is 0 Å². The van der Waals surface area contributed by atoms with Crippen LogP contribution in [0.1, 0.15) is 23.6 Å². The Kier molecular flexibility index (Phi) is 6.45. The number of nitrogens with zero attached hydrogens (tertiary/aromatic N) is 1. The first-order valence-electron chi connectivity index (χ1n) is 9.70. The van der Waals surface area contributed by atoms with Crippen molar-refractivity contribution in [3.8, 4) is 0 Å². The van der Waals surface area contributed by atoms with Crippen molar-refractivity contribution in [3.63, 3.8) is 0 Å². The lowest BCUT2D eigenvalue weighted by molar-refractivity contribution is -0.384. The third-order valence-electron chi connectivity index (χ3n) is 5.35. The number of rotatable bonds is 8. The molecule has 0 aromatic heterocycles.